The van der Waals surface area contributed by atoms with Gasteiger partial charge in [-0.1, -0.05) is 6.07 Å². The molecular formula is C13H16FNO2. The Balaban J connectivity index is 2.20. The molecule has 3 nitrogen and oxygen atoms in total. The largest absolute Gasteiger partial charge is 0.461 e. The first-order valence-corrected chi connectivity index (χ1v) is 5.59. The SMILES string of the molecule is COCCNCc1coc2c(F)ccc(C)c12. The molecule has 0 amide bonds. The predicted octanol–water partition coefficient (Wildman–Crippen LogP) is 2.62. The van der Waals surface area contributed by atoms with E-state index in [9.17, 15) is 4.39 Å². The van der Waals surface area contributed by atoms with Gasteiger partial charge in [-0.3, -0.25) is 0 Å². The molecule has 2 rings (SSSR count). The van der Waals surface area contributed by atoms with E-state index in [1.54, 1.807) is 19.4 Å². The first-order chi connectivity index (χ1) is 8.24. The van der Waals surface area contributed by atoms with Crippen LogP contribution in [0.15, 0.2) is 22.8 Å². The van der Waals surface area contributed by atoms with Gasteiger partial charge in [-0.25, -0.2) is 4.39 Å². The van der Waals surface area contributed by atoms with Crippen molar-refractivity contribution in [3.8, 4) is 0 Å². The fourth-order valence-electron chi connectivity index (χ4n) is 1.89. The van der Waals surface area contributed by atoms with Crippen molar-refractivity contribution < 1.29 is 13.5 Å². The molecule has 0 fully saturated rings. The Hall–Kier alpha value is -1.39. The molecule has 2 aromatic rings. The monoisotopic (exact) mass is 237 g/mol. The van der Waals surface area contributed by atoms with E-state index in [-0.39, 0.29) is 5.82 Å². The van der Waals surface area contributed by atoms with Crippen LogP contribution in [0.25, 0.3) is 11.0 Å². The average Bonchev–Trinajstić information content (AvgIpc) is 2.75. The lowest BCUT2D eigenvalue weighted by Gasteiger charge is -2.03. The van der Waals surface area contributed by atoms with Gasteiger partial charge in [0.25, 0.3) is 0 Å². The van der Waals surface area contributed by atoms with Gasteiger partial charge < -0.3 is 14.5 Å². The van der Waals surface area contributed by atoms with Crippen molar-refractivity contribution >= 4 is 11.0 Å². The van der Waals surface area contributed by atoms with Crippen LogP contribution in [0.2, 0.25) is 0 Å². The molecule has 0 atom stereocenters. The second-order valence-electron chi connectivity index (χ2n) is 4.00. The fraction of sp³-hybridized carbons (Fsp3) is 0.385. The number of methoxy groups -OCH3 is 1. The molecule has 4 heteroatoms. The Morgan fingerprint density at radius 1 is 1.41 bits per heavy atom. The topological polar surface area (TPSA) is 34.4 Å². The lowest BCUT2D eigenvalue weighted by Crippen LogP contribution is -2.18. The molecular weight excluding hydrogens is 221 g/mol. The number of aryl methyl sites for hydroxylation is 1. The van der Waals surface area contributed by atoms with Gasteiger partial charge in [0, 0.05) is 31.1 Å². The van der Waals surface area contributed by atoms with E-state index in [1.807, 2.05) is 6.92 Å². The van der Waals surface area contributed by atoms with Crippen molar-refractivity contribution in [3.63, 3.8) is 0 Å². The average molecular weight is 237 g/mol. The Kier molecular flexibility index (Phi) is 3.76. The Morgan fingerprint density at radius 2 is 2.24 bits per heavy atom. The van der Waals surface area contributed by atoms with E-state index in [2.05, 4.69) is 5.32 Å². The summed E-state index contributed by atoms with van der Waals surface area (Å²) in [6.45, 7) is 4.03. The molecule has 0 aliphatic rings. The van der Waals surface area contributed by atoms with E-state index >= 15 is 0 Å². The number of hydrogen-bond acceptors (Lipinski definition) is 3. The zero-order valence-electron chi connectivity index (χ0n) is 10.0. The Labute approximate surface area is 99.6 Å². The summed E-state index contributed by atoms with van der Waals surface area (Å²) >= 11 is 0. The van der Waals surface area contributed by atoms with Crippen LogP contribution in [0, 0.1) is 12.7 Å². The molecule has 92 valence electrons. The third kappa shape index (κ3) is 2.48. The highest BCUT2D eigenvalue weighted by Crippen LogP contribution is 2.26. The minimum Gasteiger partial charge on any atom is -0.461 e. The molecule has 0 unspecified atom stereocenters. The maximum absolute atomic E-state index is 13.5. The maximum Gasteiger partial charge on any atom is 0.170 e. The van der Waals surface area contributed by atoms with Gasteiger partial charge in [0.2, 0.25) is 0 Å². The number of furan rings is 1. The lowest BCUT2D eigenvalue weighted by atomic mass is 10.1. The second-order valence-corrected chi connectivity index (χ2v) is 4.00. The highest BCUT2D eigenvalue weighted by molar-refractivity contribution is 5.84. The summed E-state index contributed by atoms with van der Waals surface area (Å²) in [5.74, 6) is -0.311. The van der Waals surface area contributed by atoms with Gasteiger partial charge >= 0.3 is 0 Å². The molecule has 0 aliphatic heterocycles. The number of nitrogens with one attached hydrogen (secondary N) is 1. The molecule has 0 saturated heterocycles. The van der Waals surface area contributed by atoms with Crippen LogP contribution in [0.3, 0.4) is 0 Å². The number of halogens is 1. The molecule has 0 aliphatic carbocycles. The summed E-state index contributed by atoms with van der Waals surface area (Å²) in [5.41, 5.74) is 2.35. The summed E-state index contributed by atoms with van der Waals surface area (Å²) in [4.78, 5) is 0. The van der Waals surface area contributed by atoms with Crippen LogP contribution in [0.5, 0.6) is 0 Å². The van der Waals surface area contributed by atoms with Gasteiger partial charge in [0.1, 0.15) is 0 Å². The van der Waals surface area contributed by atoms with Crippen LogP contribution in [0.1, 0.15) is 11.1 Å². The summed E-state index contributed by atoms with van der Waals surface area (Å²) in [6.07, 6.45) is 1.61. The standard InChI is InChI=1S/C13H16FNO2/c1-9-3-4-11(14)13-12(9)10(8-17-13)7-15-5-6-16-2/h3-4,8,15H,5-7H2,1-2H3. The van der Waals surface area contributed by atoms with Crippen molar-refractivity contribution in [2.75, 3.05) is 20.3 Å². The number of benzene rings is 1. The number of hydrogen-bond donors (Lipinski definition) is 1. The van der Waals surface area contributed by atoms with Crippen LogP contribution in [0.4, 0.5) is 4.39 Å². The summed E-state index contributed by atoms with van der Waals surface area (Å²) in [7, 11) is 1.66. The first-order valence-electron chi connectivity index (χ1n) is 5.59. The lowest BCUT2D eigenvalue weighted by molar-refractivity contribution is 0.199. The Bertz CT molecular complexity index is 507. The van der Waals surface area contributed by atoms with Crippen LogP contribution in [-0.4, -0.2) is 20.3 Å². The fourth-order valence-corrected chi connectivity index (χ4v) is 1.89. The van der Waals surface area contributed by atoms with E-state index in [0.29, 0.717) is 18.7 Å². The molecule has 0 spiro atoms. The van der Waals surface area contributed by atoms with Crippen LogP contribution >= 0.6 is 0 Å². The summed E-state index contributed by atoms with van der Waals surface area (Å²) < 4.78 is 23.7. The third-order valence-electron chi connectivity index (χ3n) is 2.76. The van der Waals surface area contributed by atoms with Crippen molar-refractivity contribution in [1.82, 2.24) is 5.32 Å². The molecule has 0 radical (unpaired) electrons. The molecule has 0 saturated carbocycles. The van der Waals surface area contributed by atoms with E-state index in [0.717, 1.165) is 23.1 Å². The van der Waals surface area contributed by atoms with Gasteiger partial charge in [-0.05, 0) is 18.6 Å². The minimum atomic E-state index is -0.311. The van der Waals surface area contributed by atoms with Gasteiger partial charge in [-0.2, -0.15) is 0 Å². The zero-order chi connectivity index (χ0) is 12.3. The number of ether oxygens (including phenoxy) is 1. The first kappa shape index (κ1) is 12.1. The molecule has 1 aromatic heterocycles. The third-order valence-corrected chi connectivity index (χ3v) is 2.76. The van der Waals surface area contributed by atoms with Crippen molar-refractivity contribution in [2.45, 2.75) is 13.5 Å². The van der Waals surface area contributed by atoms with E-state index in [4.69, 9.17) is 9.15 Å². The normalized spacial score (nSPS) is 11.2. The van der Waals surface area contributed by atoms with Crippen molar-refractivity contribution in [2.24, 2.45) is 0 Å². The quantitative estimate of drug-likeness (QED) is 0.812. The molecule has 0 bridgehead atoms. The number of rotatable bonds is 5. The summed E-state index contributed by atoms with van der Waals surface area (Å²) in [6, 6.07) is 3.20. The second kappa shape index (κ2) is 5.29. The molecule has 17 heavy (non-hydrogen) atoms. The van der Waals surface area contributed by atoms with Crippen molar-refractivity contribution in [1.29, 1.82) is 0 Å². The predicted molar refractivity (Wildman–Crippen MR) is 64.5 cm³/mol. The van der Waals surface area contributed by atoms with E-state index in [1.165, 1.54) is 6.07 Å². The van der Waals surface area contributed by atoms with Gasteiger partial charge in [-0.15, -0.1) is 0 Å². The zero-order valence-corrected chi connectivity index (χ0v) is 10.0. The molecule has 1 aromatic carbocycles. The maximum atomic E-state index is 13.5. The molecule has 1 N–H and O–H groups in total. The van der Waals surface area contributed by atoms with Crippen molar-refractivity contribution in [3.05, 3.63) is 35.3 Å². The van der Waals surface area contributed by atoms with Crippen LogP contribution in [-0.2, 0) is 11.3 Å². The summed E-state index contributed by atoms with van der Waals surface area (Å²) in [5, 5.41) is 4.09. The molecule has 1 heterocycles. The van der Waals surface area contributed by atoms with E-state index < -0.39 is 0 Å². The van der Waals surface area contributed by atoms with Gasteiger partial charge in [0.05, 0.1) is 12.9 Å². The smallest absolute Gasteiger partial charge is 0.170 e. The highest BCUT2D eigenvalue weighted by atomic mass is 19.1. The minimum absolute atomic E-state index is 0.311. The Morgan fingerprint density at radius 3 is 3.00 bits per heavy atom. The highest BCUT2D eigenvalue weighted by Gasteiger charge is 2.11. The number of fused-ring (bicyclic) bond motifs is 1. The van der Waals surface area contributed by atoms with Gasteiger partial charge in [0.15, 0.2) is 11.4 Å². The van der Waals surface area contributed by atoms with Crippen LogP contribution < -0.4 is 5.32 Å².